The topological polar surface area (TPSA) is 43.8 Å². The van der Waals surface area contributed by atoms with Crippen molar-refractivity contribution < 1.29 is 9.90 Å². The average molecular weight is 262 g/mol. The van der Waals surface area contributed by atoms with Crippen molar-refractivity contribution in [1.82, 2.24) is 4.90 Å². The molecule has 2 rings (SSSR count). The van der Waals surface area contributed by atoms with Crippen LogP contribution in [0.4, 0.5) is 5.69 Å². The predicted molar refractivity (Wildman–Crippen MR) is 76.8 cm³/mol. The van der Waals surface area contributed by atoms with Crippen LogP contribution in [0, 0.1) is 0 Å². The van der Waals surface area contributed by atoms with Crippen LogP contribution in [-0.4, -0.2) is 49.2 Å². The minimum absolute atomic E-state index is 0.783. The number of hydrogen-bond acceptors (Lipinski definition) is 3. The number of piperazine rings is 1. The molecule has 1 heterocycles. The molecule has 104 valence electrons. The molecule has 4 heteroatoms. The fourth-order valence-corrected chi connectivity index (χ4v) is 2.44. The highest BCUT2D eigenvalue weighted by Gasteiger charge is 2.33. The van der Waals surface area contributed by atoms with Crippen LogP contribution >= 0.6 is 0 Å². The van der Waals surface area contributed by atoms with E-state index >= 15 is 0 Å². The molecule has 1 aromatic carbocycles. The highest BCUT2D eigenvalue weighted by Crippen LogP contribution is 2.32. The van der Waals surface area contributed by atoms with Crippen molar-refractivity contribution in [2.75, 3.05) is 38.1 Å². The van der Waals surface area contributed by atoms with Crippen molar-refractivity contribution >= 4 is 11.7 Å². The second-order valence-electron chi connectivity index (χ2n) is 5.74. The Labute approximate surface area is 114 Å². The van der Waals surface area contributed by atoms with Crippen LogP contribution in [0.3, 0.4) is 0 Å². The summed E-state index contributed by atoms with van der Waals surface area (Å²) in [4.78, 5) is 16.1. The van der Waals surface area contributed by atoms with Crippen molar-refractivity contribution in [2.45, 2.75) is 19.3 Å². The van der Waals surface area contributed by atoms with Gasteiger partial charge in [0, 0.05) is 31.9 Å². The standard InChI is InChI=1S/C15H22N2O2/c1-15(2,14(18)19)12-6-4-5-7-13(12)17-10-8-16(3)9-11-17/h4-7H,8-11H2,1-3H3,(H,18,19). The maximum absolute atomic E-state index is 11.5. The van der Waals surface area contributed by atoms with Crippen LogP contribution in [0.2, 0.25) is 0 Å². The van der Waals surface area contributed by atoms with Gasteiger partial charge < -0.3 is 14.9 Å². The van der Waals surface area contributed by atoms with Crippen molar-refractivity contribution in [3.63, 3.8) is 0 Å². The smallest absolute Gasteiger partial charge is 0.313 e. The number of carboxylic acid groups (broad SMARTS) is 1. The monoisotopic (exact) mass is 262 g/mol. The Bertz CT molecular complexity index is 463. The van der Waals surface area contributed by atoms with E-state index in [9.17, 15) is 9.90 Å². The third kappa shape index (κ3) is 2.73. The maximum atomic E-state index is 11.5. The number of likely N-dealkylation sites (N-methyl/N-ethyl adjacent to an activating group) is 1. The zero-order valence-electron chi connectivity index (χ0n) is 11.9. The minimum Gasteiger partial charge on any atom is -0.481 e. The summed E-state index contributed by atoms with van der Waals surface area (Å²) in [6, 6.07) is 7.86. The van der Waals surface area contributed by atoms with Gasteiger partial charge in [-0.15, -0.1) is 0 Å². The molecule has 4 nitrogen and oxygen atoms in total. The summed E-state index contributed by atoms with van der Waals surface area (Å²) in [6.07, 6.45) is 0. The van der Waals surface area contributed by atoms with Gasteiger partial charge in [-0.2, -0.15) is 0 Å². The van der Waals surface area contributed by atoms with Crippen LogP contribution < -0.4 is 4.90 Å². The minimum atomic E-state index is -0.861. The lowest BCUT2D eigenvalue weighted by Crippen LogP contribution is -2.45. The summed E-state index contributed by atoms with van der Waals surface area (Å²) in [5.41, 5.74) is 1.09. The van der Waals surface area contributed by atoms with E-state index in [4.69, 9.17) is 0 Å². The highest BCUT2D eigenvalue weighted by molar-refractivity contribution is 5.83. The van der Waals surface area contributed by atoms with Crippen LogP contribution in [0.25, 0.3) is 0 Å². The number of hydrogen-bond donors (Lipinski definition) is 1. The molecule has 0 amide bonds. The summed E-state index contributed by atoms with van der Waals surface area (Å²) in [6.45, 7) is 7.46. The number of nitrogens with zero attached hydrogens (tertiary/aromatic N) is 2. The van der Waals surface area contributed by atoms with Gasteiger partial charge in [-0.1, -0.05) is 18.2 Å². The molecule has 0 aliphatic carbocycles. The molecular weight excluding hydrogens is 240 g/mol. The first-order valence-electron chi connectivity index (χ1n) is 6.69. The first kappa shape index (κ1) is 13.9. The summed E-state index contributed by atoms with van der Waals surface area (Å²) >= 11 is 0. The summed E-state index contributed by atoms with van der Waals surface area (Å²) in [5.74, 6) is -0.783. The molecule has 1 aliphatic rings. The van der Waals surface area contributed by atoms with Gasteiger partial charge in [0.15, 0.2) is 0 Å². The van der Waals surface area contributed by atoms with E-state index in [1.54, 1.807) is 13.8 Å². The molecule has 1 aliphatic heterocycles. The Morgan fingerprint density at radius 2 is 1.74 bits per heavy atom. The van der Waals surface area contributed by atoms with Crippen LogP contribution in [-0.2, 0) is 10.2 Å². The van der Waals surface area contributed by atoms with E-state index in [0.717, 1.165) is 37.4 Å². The quantitative estimate of drug-likeness (QED) is 0.902. The third-order valence-corrected chi connectivity index (χ3v) is 3.96. The van der Waals surface area contributed by atoms with Gasteiger partial charge >= 0.3 is 5.97 Å². The molecule has 0 atom stereocenters. The molecule has 1 saturated heterocycles. The normalized spacial score (nSPS) is 17.5. The number of para-hydroxylation sites is 1. The summed E-state index contributed by atoms with van der Waals surface area (Å²) in [5, 5.41) is 9.43. The number of anilines is 1. The van der Waals surface area contributed by atoms with Gasteiger partial charge in [-0.05, 0) is 32.5 Å². The van der Waals surface area contributed by atoms with Crippen molar-refractivity contribution in [3.05, 3.63) is 29.8 Å². The molecule has 19 heavy (non-hydrogen) atoms. The van der Waals surface area contributed by atoms with Gasteiger partial charge in [0.2, 0.25) is 0 Å². The zero-order chi connectivity index (χ0) is 14.0. The van der Waals surface area contributed by atoms with E-state index < -0.39 is 11.4 Å². The molecule has 0 aromatic heterocycles. The Morgan fingerprint density at radius 3 is 2.32 bits per heavy atom. The van der Waals surface area contributed by atoms with E-state index in [1.165, 1.54) is 0 Å². The summed E-state index contributed by atoms with van der Waals surface area (Å²) < 4.78 is 0. The van der Waals surface area contributed by atoms with Gasteiger partial charge in [0.1, 0.15) is 0 Å². The SMILES string of the molecule is CN1CCN(c2ccccc2C(C)(C)C(=O)O)CC1. The van der Waals surface area contributed by atoms with E-state index in [2.05, 4.69) is 16.8 Å². The Hall–Kier alpha value is -1.55. The van der Waals surface area contributed by atoms with Gasteiger partial charge in [-0.3, -0.25) is 4.79 Å². The molecule has 0 unspecified atom stereocenters. The number of carbonyl (C=O) groups is 1. The third-order valence-electron chi connectivity index (χ3n) is 3.96. The van der Waals surface area contributed by atoms with Crippen LogP contribution in [0.15, 0.2) is 24.3 Å². The average Bonchev–Trinajstić information content (AvgIpc) is 2.39. The van der Waals surface area contributed by atoms with Crippen molar-refractivity contribution in [3.8, 4) is 0 Å². The number of rotatable bonds is 3. The fraction of sp³-hybridized carbons (Fsp3) is 0.533. The molecule has 0 saturated carbocycles. The van der Waals surface area contributed by atoms with E-state index in [0.29, 0.717) is 0 Å². The van der Waals surface area contributed by atoms with Crippen molar-refractivity contribution in [1.29, 1.82) is 0 Å². The van der Waals surface area contributed by atoms with E-state index in [1.807, 2.05) is 24.3 Å². The molecule has 0 radical (unpaired) electrons. The lowest BCUT2D eigenvalue weighted by molar-refractivity contribution is -0.142. The molecule has 1 N–H and O–H groups in total. The first-order chi connectivity index (χ1) is 8.93. The van der Waals surface area contributed by atoms with Crippen LogP contribution in [0.1, 0.15) is 19.4 Å². The van der Waals surface area contributed by atoms with Gasteiger partial charge in [-0.25, -0.2) is 0 Å². The Kier molecular flexibility index (Phi) is 3.80. The van der Waals surface area contributed by atoms with Crippen LogP contribution in [0.5, 0.6) is 0 Å². The zero-order valence-corrected chi connectivity index (χ0v) is 11.9. The predicted octanol–water partition coefficient (Wildman–Crippen LogP) is 1.80. The molecule has 0 spiro atoms. The van der Waals surface area contributed by atoms with Gasteiger partial charge in [0.05, 0.1) is 5.41 Å². The number of aliphatic carboxylic acids is 1. The Morgan fingerprint density at radius 1 is 1.16 bits per heavy atom. The first-order valence-corrected chi connectivity index (χ1v) is 6.69. The number of benzene rings is 1. The van der Waals surface area contributed by atoms with Gasteiger partial charge in [0.25, 0.3) is 0 Å². The maximum Gasteiger partial charge on any atom is 0.313 e. The highest BCUT2D eigenvalue weighted by atomic mass is 16.4. The lowest BCUT2D eigenvalue weighted by atomic mass is 9.83. The molecule has 1 aromatic rings. The molecular formula is C15H22N2O2. The molecule has 1 fully saturated rings. The second kappa shape index (κ2) is 5.21. The lowest BCUT2D eigenvalue weighted by Gasteiger charge is -2.37. The Balaban J connectivity index is 2.34. The fourth-order valence-electron chi connectivity index (χ4n) is 2.44. The second-order valence-corrected chi connectivity index (χ2v) is 5.74. The summed E-state index contributed by atoms with van der Waals surface area (Å²) in [7, 11) is 2.12. The molecule has 0 bridgehead atoms. The number of carboxylic acids is 1. The van der Waals surface area contributed by atoms with E-state index in [-0.39, 0.29) is 0 Å². The van der Waals surface area contributed by atoms with Crippen molar-refractivity contribution in [2.24, 2.45) is 0 Å². The largest absolute Gasteiger partial charge is 0.481 e.